The molecule has 1 heterocycles. The summed E-state index contributed by atoms with van der Waals surface area (Å²) in [5, 5.41) is 0. The highest BCUT2D eigenvalue weighted by Crippen LogP contribution is 2.45. The number of hydrogen-bond donors (Lipinski definition) is 0. The van der Waals surface area contributed by atoms with E-state index in [1.165, 1.54) is 75.1 Å². The summed E-state index contributed by atoms with van der Waals surface area (Å²) < 4.78 is 0. The molecule has 1 aliphatic heterocycles. The number of hydrogen-bond acceptors (Lipinski definition) is 2. The molecule has 1 aromatic carbocycles. The van der Waals surface area contributed by atoms with Gasteiger partial charge in [-0.15, -0.1) is 0 Å². The number of nitrogens with zero attached hydrogens (tertiary/aromatic N) is 2. The smallest absolute Gasteiger partial charge is 0.0399 e. The summed E-state index contributed by atoms with van der Waals surface area (Å²) in [6.07, 6.45) is 7.53. The highest BCUT2D eigenvalue weighted by molar-refractivity contribution is 5.56. The van der Waals surface area contributed by atoms with E-state index >= 15 is 0 Å². The van der Waals surface area contributed by atoms with Crippen LogP contribution in [0.15, 0.2) is 18.2 Å². The Morgan fingerprint density at radius 1 is 0.909 bits per heavy atom. The zero-order chi connectivity index (χ0) is 15.1. The van der Waals surface area contributed by atoms with Gasteiger partial charge in [0, 0.05) is 37.9 Å². The molecule has 1 aromatic rings. The van der Waals surface area contributed by atoms with Gasteiger partial charge in [-0.2, -0.15) is 0 Å². The Kier molecular flexibility index (Phi) is 3.89. The van der Waals surface area contributed by atoms with Gasteiger partial charge in [-0.3, -0.25) is 4.90 Å². The van der Waals surface area contributed by atoms with Crippen molar-refractivity contribution in [2.75, 3.05) is 31.1 Å². The quantitative estimate of drug-likeness (QED) is 0.814. The summed E-state index contributed by atoms with van der Waals surface area (Å²) in [6, 6.07) is 7.64. The van der Waals surface area contributed by atoms with Crippen LogP contribution in [-0.4, -0.2) is 37.1 Å². The van der Waals surface area contributed by atoms with Gasteiger partial charge < -0.3 is 4.90 Å². The number of anilines is 1. The maximum absolute atomic E-state index is 2.81. The van der Waals surface area contributed by atoms with Crippen LogP contribution >= 0.6 is 0 Å². The minimum atomic E-state index is 0.899. The van der Waals surface area contributed by atoms with Crippen LogP contribution in [-0.2, 0) is 0 Å². The molecule has 0 spiro atoms. The SMILES string of the molecule is Cc1cccc(N2CCN(C3CC4CCCC4C3)CC2)c1C. The molecule has 0 bridgehead atoms. The van der Waals surface area contributed by atoms with Crippen LogP contribution in [0.25, 0.3) is 0 Å². The molecule has 2 heteroatoms. The van der Waals surface area contributed by atoms with E-state index in [1.807, 2.05) is 0 Å². The molecule has 2 saturated carbocycles. The third kappa shape index (κ3) is 2.56. The lowest BCUT2D eigenvalue weighted by molar-refractivity contribution is 0.179. The maximum Gasteiger partial charge on any atom is 0.0399 e. The van der Waals surface area contributed by atoms with Gasteiger partial charge in [-0.1, -0.05) is 31.4 Å². The molecule has 2 unspecified atom stereocenters. The minimum Gasteiger partial charge on any atom is -0.369 e. The molecule has 2 nitrogen and oxygen atoms in total. The molecule has 1 saturated heterocycles. The van der Waals surface area contributed by atoms with Crippen molar-refractivity contribution in [1.29, 1.82) is 0 Å². The molecule has 2 aliphatic carbocycles. The predicted molar refractivity (Wildman–Crippen MR) is 93.6 cm³/mol. The van der Waals surface area contributed by atoms with Crippen LogP contribution in [0, 0.1) is 25.7 Å². The lowest BCUT2D eigenvalue weighted by Gasteiger charge is -2.40. The number of fused-ring (bicyclic) bond motifs is 1. The second kappa shape index (κ2) is 5.88. The zero-order valence-corrected chi connectivity index (χ0v) is 14.2. The first-order valence-corrected chi connectivity index (χ1v) is 9.27. The van der Waals surface area contributed by atoms with Gasteiger partial charge in [0.25, 0.3) is 0 Å². The van der Waals surface area contributed by atoms with Gasteiger partial charge in [0.05, 0.1) is 0 Å². The summed E-state index contributed by atoms with van der Waals surface area (Å²) in [4.78, 5) is 5.41. The summed E-state index contributed by atoms with van der Waals surface area (Å²) in [7, 11) is 0. The van der Waals surface area contributed by atoms with Crippen LogP contribution in [0.5, 0.6) is 0 Å². The normalized spacial score (nSPS) is 32.5. The predicted octanol–water partition coefficient (Wildman–Crippen LogP) is 4.00. The van der Waals surface area contributed by atoms with Crippen molar-refractivity contribution in [3.05, 3.63) is 29.3 Å². The van der Waals surface area contributed by atoms with Gasteiger partial charge >= 0.3 is 0 Å². The molecule has 0 radical (unpaired) electrons. The van der Waals surface area contributed by atoms with Crippen molar-refractivity contribution in [2.24, 2.45) is 11.8 Å². The molecular formula is C20H30N2. The van der Waals surface area contributed by atoms with Crippen molar-refractivity contribution in [2.45, 2.75) is 52.0 Å². The Labute approximate surface area is 135 Å². The second-order valence-corrected chi connectivity index (χ2v) is 7.82. The fraction of sp³-hybridized carbons (Fsp3) is 0.700. The lowest BCUT2D eigenvalue weighted by atomic mass is 10.0. The van der Waals surface area contributed by atoms with Gasteiger partial charge in [0.15, 0.2) is 0 Å². The summed E-state index contributed by atoms with van der Waals surface area (Å²) >= 11 is 0. The Hall–Kier alpha value is -1.02. The number of piperazine rings is 1. The second-order valence-electron chi connectivity index (χ2n) is 7.82. The van der Waals surface area contributed by atoms with E-state index in [-0.39, 0.29) is 0 Å². The number of rotatable bonds is 2. The average Bonchev–Trinajstić information content (AvgIpc) is 3.12. The highest BCUT2D eigenvalue weighted by Gasteiger charge is 2.40. The molecule has 3 aliphatic rings. The van der Waals surface area contributed by atoms with Crippen molar-refractivity contribution < 1.29 is 0 Å². The third-order valence-corrected chi connectivity index (χ3v) is 6.71. The monoisotopic (exact) mass is 298 g/mol. The first-order valence-electron chi connectivity index (χ1n) is 9.27. The van der Waals surface area contributed by atoms with Crippen molar-refractivity contribution in [1.82, 2.24) is 4.90 Å². The summed E-state index contributed by atoms with van der Waals surface area (Å²) in [5.41, 5.74) is 4.35. The first-order chi connectivity index (χ1) is 10.7. The Morgan fingerprint density at radius 2 is 1.59 bits per heavy atom. The van der Waals surface area contributed by atoms with Crippen LogP contribution < -0.4 is 4.90 Å². The zero-order valence-electron chi connectivity index (χ0n) is 14.2. The largest absolute Gasteiger partial charge is 0.369 e. The van der Waals surface area contributed by atoms with Crippen molar-refractivity contribution in [3.8, 4) is 0 Å². The Balaban J connectivity index is 1.38. The topological polar surface area (TPSA) is 6.48 Å². The van der Waals surface area contributed by atoms with E-state index in [1.54, 1.807) is 0 Å². The van der Waals surface area contributed by atoms with Gasteiger partial charge in [0.2, 0.25) is 0 Å². The van der Waals surface area contributed by atoms with E-state index in [0.717, 1.165) is 17.9 Å². The Morgan fingerprint density at radius 3 is 2.27 bits per heavy atom. The van der Waals surface area contributed by atoms with Crippen molar-refractivity contribution >= 4 is 5.69 Å². The van der Waals surface area contributed by atoms with Gasteiger partial charge in [-0.05, 0) is 55.7 Å². The van der Waals surface area contributed by atoms with E-state index in [4.69, 9.17) is 0 Å². The molecule has 0 aromatic heterocycles. The highest BCUT2D eigenvalue weighted by atomic mass is 15.3. The molecule has 120 valence electrons. The molecule has 0 N–H and O–H groups in total. The minimum absolute atomic E-state index is 0.899. The fourth-order valence-electron chi connectivity index (χ4n) is 5.23. The van der Waals surface area contributed by atoms with E-state index < -0.39 is 0 Å². The fourth-order valence-corrected chi connectivity index (χ4v) is 5.23. The summed E-state index contributed by atoms with van der Waals surface area (Å²) in [6.45, 7) is 9.43. The third-order valence-electron chi connectivity index (χ3n) is 6.71. The van der Waals surface area contributed by atoms with Crippen LogP contribution in [0.4, 0.5) is 5.69 Å². The first kappa shape index (κ1) is 14.6. The molecule has 4 rings (SSSR count). The standard InChI is InChI=1S/C20H30N2/c1-15-5-3-8-20(16(15)2)22-11-9-21(10-12-22)19-13-17-6-4-7-18(17)14-19/h3,5,8,17-19H,4,6-7,9-14H2,1-2H3. The van der Waals surface area contributed by atoms with Crippen LogP contribution in [0.1, 0.15) is 43.2 Å². The van der Waals surface area contributed by atoms with E-state index in [9.17, 15) is 0 Å². The average molecular weight is 298 g/mol. The Bertz CT molecular complexity index is 519. The molecular weight excluding hydrogens is 268 g/mol. The van der Waals surface area contributed by atoms with Gasteiger partial charge in [-0.25, -0.2) is 0 Å². The number of aryl methyl sites for hydroxylation is 1. The molecule has 0 amide bonds. The van der Waals surface area contributed by atoms with Crippen LogP contribution in [0.2, 0.25) is 0 Å². The van der Waals surface area contributed by atoms with Gasteiger partial charge in [0.1, 0.15) is 0 Å². The molecule has 3 fully saturated rings. The maximum atomic E-state index is 2.81. The van der Waals surface area contributed by atoms with Crippen molar-refractivity contribution in [3.63, 3.8) is 0 Å². The lowest BCUT2D eigenvalue weighted by Crippen LogP contribution is -2.50. The summed E-state index contributed by atoms with van der Waals surface area (Å²) in [5.74, 6) is 2.14. The molecule has 22 heavy (non-hydrogen) atoms. The molecule has 2 atom stereocenters. The van der Waals surface area contributed by atoms with E-state index in [2.05, 4.69) is 41.8 Å². The van der Waals surface area contributed by atoms with E-state index in [0.29, 0.717) is 0 Å². The van der Waals surface area contributed by atoms with Crippen LogP contribution in [0.3, 0.4) is 0 Å². The number of benzene rings is 1.